The number of aromatic carboxylic acids is 1. The van der Waals surface area contributed by atoms with E-state index in [2.05, 4.69) is 36.4 Å². The van der Waals surface area contributed by atoms with Gasteiger partial charge in [0.15, 0.2) is 0 Å². The first-order valence-electron chi connectivity index (χ1n) is 6.10. The van der Waals surface area contributed by atoms with Gasteiger partial charge in [0, 0.05) is 27.8 Å². The van der Waals surface area contributed by atoms with E-state index in [0.717, 1.165) is 9.99 Å². The van der Waals surface area contributed by atoms with Gasteiger partial charge >= 0.3 is 5.97 Å². The van der Waals surface area contributed by atoms with Crippen LogP contribution < -0.4 is 0 Å². The van der Waals surface area contributed by atoms with Crippen LogP contribution in [0.5, 0.6) is 0 Å². The Labute approximate surface area is 120 Å². The van der Waals surface area contributed by atoms with Gasteiger partial charge < -0.3 is 14.4 Å². The molecule has 2 atom stereocenters. The molecule has 1 aromatic heterocycles. The van der Waals surface area contributed by atoms with Gasteiger partial charge in [-0.25, -0.2) is 4.79 Å². The van der Waals surface area contributed by atoms with Crippen molar-refractivity contribution >= 4 is 28.6 Å². The molecule has 1 heterocycles. The summed E-state index contributed by atoms with van der Waals surface area (Å²) in [4.78, 5) is 11.2. The molecule has 100 valence electrons. The molecule has 1 aliphatic rings. The lowest BCUT2D eigenvalue weighted by molar-refractivity contribution is -0.128. The fraction of sp³-hybridized carbons (Fsp3) is 0.615. The first-order valence-corrected chi connectivity index (χ1v) is 7.18. The highest BCUT2D eigenvalue weighted by Gasteiger charge is 2.50. The summed E-state index contributed by atoms with van der Waals surface area (Å²) in [7, 11) is 0. The lowest BCUT2D eigenvalue weighted by Crippen LogP contribution is -2.51. The van der Waals surface area contributed by atoms with Crippen LogP contribution in [-0.4, -0.2) is 28.4 Å². The van der Waals surface area contributed by atoms with Gasteiger partial charge in [0.2, 0.25) is 0 Å². The van der Waals surface area contributed by atoms with Crippen molar-refractivity contribution in [2.24, 2.45) is 5.41 Å². The normalized spacial score (nSPS) is 25.8. The smallest absolute Gasteiger partial charge is 0.352 e. The van der Waals surface area contributed by atoms with Crippen molar-refractivity contribution in [1.82, 2.24) is 4.57 Å². The molecule has 18 heavy (non-hydrogen) atoms. The third kappa shape index (κ3) is 2.18. The fourth-order valence-electron chi connectivity index (χ4n) is 2.70. The lowest BCUT2D eigenvalue weighted by Gasteiger charge is -2.52. The number of carbonyl (C=O) groups is 1. The van der Waals surface area contributed by atoms with Crippen molar-refractivity contribution in [2.45, 2.75) is 39.3 Å². The van der Waals surface area contributed by atoms with Gasteiger partial charge in [-0.2, -0.15) is 0 Å². The molecule has 0 bridgehead atoms. The van der Waals surface area contributed by atoms with E-state index < -0.39 is 5.97 Å². The van der Waals surface area contributed by atoms with Crippen LogP contribution in [0.1, 0.15) is 43.7 Å². The van der Waals surface area contributed by atoms with Gasteiger partial charge in [-0.1, -0.05) is 13.8 Å². The monoisotopic (exact) mass is 363 g/mol. The van der Waals surface area contributed by atoms with E-state index in [1.807, 2.05) is 17.7 Å². The minimum atomic E-state index is -0.867. The third-order valence-electron chi connectivity index (χ3n) is 3.86. The zero-order chi connectivity index (χ0) is 13.5. The van der Waals surface area contributed by atoms with Crippen LogP contribution in [0.25, 0.3) is 0 Å². The summed E-state index contributed by atoms with van der Waals surface area (Å²) in [5, 5.41) is 9.23. The average molecular weight is 363 g/mol. The number of aromatic nitrogens is 1. The molecule has 4 nitrogen and oxygen atoms in total. The SMILES string of the molecule is CCOC1CC(n2cc(I)cc2C(=O)O)C1(C)C. The summed E-state index contributed by atoms with van der Waals surface area (Å²) in [6.07, 6.45) is 3.01. The van der Waals surface area contributed by atoms with E-state index >= 15 is 0 Å². The van der Waals surface area contributed by atoms with E-state index in [0.29, 0.717) is 12.3 Å². The van der Waals surface area contributed by atoms with Crippen molar-refractivity contribution in [1.29, 1.82) is 0 Å². The molecule has 1 aromatic rings. The maximum Gasteiger partial charge on any atom is 0.352 e. The van der Waals surface area contributed by atoms with Crippen LogP contribution in [0.2, 0.25) is 0 Å². The summed E-state index contributed by atoms with van der Waals surface area (Å²) in [6.45, 7) is 6.97. The largest absolute Gasteiger partial charge is 0.477 e. The maximum atomic E-state index is 11.2. The lowest BCUT2D eigenvalue weighted by atomic mass is 9.64. The number of carboxylic acid groups (broad SMARTS) is 1. The Morgan fingerprint density at radius 2 is 2.33 bits per heavy atom. The number of carboxylic acids is 1. The Bertz CT molecular complexity index is 467. The number of halogens is 1. The molecule has 2 rings (SSSR count). The summed E-state index contributed by atoms with van der Waals surface area (Å²) < 4.78 is 8.54. The van der Waals surface area contributed by atoms with Crippen LogP contribution >= 0.6 is 22.6 Å². The molecule has 0 aliphatic heterocycles. The summed E-state index contributed by atoms with van der Waals surface area (Å²) in [5.74, 6) is -0.867. The van der Waals surface area contributed by atoms with Crippen LogP contribution in [0, 0.1) is 8.99 Å². The predicted molar refractivity (Wildman–Crippen MR) is 77.0 cm³/mol. The molecule has 0 spiro atoms. The molecule has 0 aromatic carbocycles. The first kappa shape index (κ1) is 13.9. The second-order valence-electron chi connectivity index (χ2n) is 5.27. The van der Waals surface area contributed by atoms with E-state index in [-0.39, 0.29) is 17.6 Å². The van der Waals surface area contributed by atoms with Crippen molar-refractivity contribution in [3.8, 4) is 0 Å². The molecule has 1 aliphatic carbocycles. The van der Waals surface area contributed by atoms with Crippen LogP contribution in [-0.2, 0) is 4.74 Å². The average Bonchev–Trinajstić information content (AvgIpc) is 2.65. The molecular formula is C13H18INO3. The fourth-order valence-corrected chi connectivity index (χ4v) is 3.29. The Kier molecular flexibility index (Phi) is 3.73. The molecule has 1 N–H and O–H groups in total. The zero-order valence-corrected chi connectivity index (χ0v) is 13.0. The number of nitrogens with zero attached hydrogens (tertiary/aromatic N) is 1. The zero-order valence-electron chi connectivity index (χ0n) is 10.8. The van der Waals surface area contributed by atoms with Crippen LogP contribution in [0.4, 0.5) is 0 Å². The second-order valence-corrected chi connectivity index (χ2v) is 6.52. The van der Waals surface area contributed by atoms with E-state index in [9.17, 15) is 9.90 Å². The summed E-state index contributed by atoms with van der Waals surface area (Å²) in [5.41, 5.74) is 0.342. The molecule has 1 fully saturated rings. The molecule has 5 heteroatoms. The van der Waals surface area contributed by atoms with Crippen molar-refractivity contribution in [2.75, 3.05) is 6.61 Å². The number of hydrogen-bond donors (Lipinski definition) is 1. The summed E-state index contributed by atoms with van der Waals surface area (Å²) in [6, 6.07) is 1.91. The molecular weight excluding hydrogens is 345 g/mol. The van der Waals surface area contributed by atoms with E-state index in [1.54, 1.807) is 6.07 Å². The van der Waals surface area contributed by atoms with Crippen molar-refractivity contribution in [3.05, 3.63) is 21.5 Å². The van der Waals surface area contributed by atoms with Gasteiger partial charge in [0.05, 0.1) is 6.10 Å². The Hall–Kier alpha value is -0.560. The maximum absolute atomic E-state index is 11.2. The Morgan fingerprint density at radius 3 is 2.83 bits per heavy atom. The van der Waals surface area contributed by atoms with Gasteiger partial charge in [0.1, 0.15) is 5.69 Å². The number of rotatable bonds is 4. The van der Waals surface area contributed by atoms with Gasteiger partial charge in [-0.15, -0.1) is 0 Å². The minimum Gasteiger partial charge on any atom is -0.477 e. The highest BCUT2D eigenvalue weighted by molar-refractivity contribution is 14.1. The standard InChI is InChI=1S/C13H18INO3/c1-4-18-11-6-10(13(11,2)3)15-7-8(14)5-9(15)12(16)17/h5,7,10-11H,4,6H2,1-3H3,(H,16,17). The molecule has 2 unspecified atom stereocenters. The summed E-state index contributed by atoms with van der Waals surface area (Å²) >= 11 is 2.15. The van der Waals surface area contributed by atoms with Gasteiger partial charge in [0.25, 0.3) is 0 Å². The van der Waals surface area contributed by atoms with Crippen molar-refractivity contribution in [3.63, 3.8) is 0 Å². The topological polar surface area (TPSA) is 51.5 Å². The number of hydrogen-bond acceptors (Lipinski definition) is 2. The van der Waals surface area contributed by atoms with Crippen LogP contribution in [0.3, 0.4) is 0 Å². The van der Waals surface area contributed by atoms with E-state index in [4.69, 9.17) is 4.74 Å². The first-order chi connectivity index (χ1) is 8.37. The second kappa shape index (κ2) is 4.85. The Morgan fingerprint density at radius 1 is 1.67 bits per heavy atom. The third-order valence-corrected chi connectivity index (χ3v) is 4.45. The Balaban J connectivity index is 2.27. The highest BCUT2D eigenvalue weighted by Crippen LogP contribution is 2.51. The molecule has 0 saturated heterocycles. The highest BCUT2D eigenvalue weighted by atomic mass is 127. The molecule has 0 amide bonds. The van der Waals surface area contributed by atoms with Gasteiger partial charge in [-0.3, -0.25) is 0 Å². The van der Waals surface area contributed by atoms with Gasteiger partial charge in [-0.05, 0) is 42.0 Å². The molecule has 0 radical (unpaired) electrons. The quantitative estimate of drug-likeness (QED) is 0.837. The number of ether oxygens (including phenoxy) is 1. The minimum absolute atomic E-state index is 0.0255. The van der Waals surface area contributed by atoms with Crippen molar-refractivity contribution < 1.29 is 14.6 Å². The van der Waals surface area contributed by atoms with E-state index in [1.165, 1.54) is 0 Å². The van der Waals surface area contributed by atoms with Crippen LogP contribution in [0.15, 0.2) is 12.3 Å². The molecule has 1 saturated carbocycles. The predicted octanol–water partition coefficient (Wildman–Crippen LogP) is 3.17.